The quantitative estimate of drug-likeness (QED) is 0.796. The molecule has 0 saturated heterocycles. The molecule has 1 aromatic rings. The molecule has 0 spiro atoms. The number of sulfonamides is 1. The maximum Gasteiger partial charge on any atom is 0.243 e. The van der Waals surface area contributed by atoms with E-state index < -0.39 is 10.0 Å². The molecular formula is C14H23N3O3S. The number of amides is 1. The number of aryl methyl sites for hydroxylation is 1. The molecule has 1 amide bonds. The lowest BCUT2D eigenvalue weighted by atomic mass is 10.2. The van der Waals surface area contributed by atoms with Crippen molar-refractivity contribution in [2.24, 2.45) is 0 Å². The highest BCUT2D eigenvalue weighted by atomic mass is 32.2. The van der Waals surface area contributed by atoms with Crippen molar-refractivity contribution in [3.8, 4) is 0 Å². The van der Waals surface area contributed by atoms with Gasteiger partial charge in [0, 0.05) is 25.8 Å². The zero-order chi connectivity index (χ0) is 16.2. The zero-order valence-corrected chi connectivity index (χ0v) is 13.8. The Bertz CT molecular complexity index is 610. The predicted molar refractivity (Wildman–Crippen MR) is 83.3 cm³/mol. The van der Waals surface area contributed by atoms with E-state index in [0.29, 0.717) is 18.8 Å². The van der Waals surface area contributed by atoms with Gasteiger partial charge in [-0.15, -0.1) is 0 Å². The van der Waals surface area contributed by atoms with Crippen LogP contribution in [0.5, 0.6) is 0 Å². The first-order valence-corrected chi connectivity index (χ1v) is 8.28. The van der Waals surface area contributed by atoms with Gasteiger partial charge in [0.1, 0.15) is 0 Å². The molecule has 0 aliphatic heterocycles. The molecule has 0 radical (unpaired) electrons. The second kappa shape index (κ2) is 6.91. The highest BCUT2D eigenvalue weighted by Gasteiger charge is 2.24. The monoisotopic (exact) mass is 313 g/mol. The van der Waals surface area contributed by atoms with Crippen LogP contribution in [0.25, 0.3) is 0 Å². The summed E-state index contributed by atoms with van der Waals surface area (Å²) in [5.41, 5.74) is 6.98. The molecule has 0 unspecified atom stereocenters. The number of rotatable bonds is 6. The third-order valence-corrected chi connectivity index (χ3v) is 5.23. The largest absolute Gasteiger partial charge is 0.398 e. The van der Waals surface area contributed by atoms with Gasteiger partial charge in [0.2, 0.25) is 15.9 Å². The molecule has 1 rings (SSSR count). The van der Waals surface area contributed by atoms with Crippen molar-refractivity contribution >= 4 is 21.6 Å². The first-order valence-electron chi connectivity index (χ1n) is 6.84. The highest BCUT2D eigenvalue weighted by Crippen LogP contribution is 2.20. The molecule has 0 aliphatic rings. The molecule has 0 fully saturated rings. The number of carbonyl (C=O) groups excluding carboxylic acids is 1. The summed E-state index contributed by atoms with van der Waals surface area (Å²) in [6, 6.07) is 4.57. The molecule has 6 nitrogen and oxygen atoms in total. The van der Waals surface area contributed by atoms with Gasteiger partial charge in [-0.3, -0.25) is 4.79 Å². The summed E-state index contributed by atoms with van der Waals surface area (Å²) >= 11 is 0. The van der Waals surface area contributed by atoms with Crippen molar-refractivity contribution in [2.75, 3.05) is 32.4 Å². The minimum Gasteiger partial charge on any atom is -0.398 e. The molecule has 0 heterocycles. The summed E-state index contributed by atoms with van der Waals surface area (Å²) in [6.45, 7) is 6.45. The topological polar surface area (TPSA) is 83.7 Å². The Labute approximate surface area is 126 Å². The SMILES string of the molecule is CCN(CC)C(=O)CN(C)S(=O)(=O)c1ccc(C)c(N)c1. The third-order valence-electron chi connectivity index (χ3n) is 3.43. The molecule has 2 N–H and O–H groups in total. The predicted octanol–water partition coefficient (Wildman–Crippen LogP) is 1.07. The van der Waals surface area contributed by atoms with Crippen LogP contribution in [0.3, 0.4) is 0 Å². The summed E-state index contributed by atoms with van der Waals surface area (Å²) in [5, 5.41) is 0. The number of carbonyl (C=O) groups is 1. The molecule has 0 bridgehead atoms. The molecule has 7 heteroatoms. The molecule has 118 valence electrons. The minimum absolute atomic E-state index is 0.0976. The van der Waals surface area contributed by atoms with Crippen LogP contribution in [0, 0.1) is 6.92 Å². The van der Waals surface area contributed by atoms with Crippen LogP contribution in [-0.2, 0) is 14.8 Å². The molecule has 0 saturated carbocycles. The van der Waals surface area contributed by atoms with Crippen molar-refractivity contribution in [1.82, 2.24) is 9.21 Å². The van der Waals surface area contributed by atoms with Gasteiger partial charge in [-0.2, -0.15) is 4.31 Å². The van der Waals surface area contributed by atoms with Crippen LogP contribution in [0.1, 0.15) is 19.4 Å². The first kappa shape index (κ1) is 17.5. The Morgan fingerprint density at radius 1 is 1.24 bits per heavy atom. The number of nitrogens with zero attached hydrogens (tertiary/aromatic N) is 2. The number of hydrogen-bond donors (Lipinski definition) is 1. The lowest BCUT2D eigenvalue weighted by Gasteiger charge is -2.23. The summed E-state index contributed by atoms with van der Waals surface area (Å²) in [5.74, 6) is -0.217. The molecule has 0 aromatic heterocycles. The summed E-state index contributed by atoms with van der Waals surface area (Å²) in [7, 11) is -2.32. The van der Waals surface area contributed by atoms with E-state index in [1.165, 1.54) is 19.2 Å². The minimum atomic E-state index is -3.72. The number of nitrogen functional groups attached to an aromatic ring is 1. The van der Waals surface area contributed by atoms with Gasteiger partial charge in [0.25, 0.3) is 0 Å². The van der Waals surface area contributed by atoms with Crippen LogP contribution < -0.4 is 5.73 Å². The van der Waals surface area contributed by atoms with E-state index in [2.05, 4.69) is 0 Å². The van der Waals surface area contributed by atoms with Crippen LogP contribution in [0.2, 0.25) is 0 Å². The van der Waals surface area contributed by atoms with Crippen molar-refractivity contribution in [2.45, 2.75) is 25.7 Å². The van der Waals surface area contributed by atoms with E-state index >= 15 is 0 Å². The van der Waals surface area contributed by atoms with E-state index in [-0.39, 0.29) is 17.3 Å². The van der Waals surface area contributed by atoms with Crippen molar-refractivity contribution in [1.29, 1.82) is 0 Å². The zero-order valence-electron chi connectivity index (χ0n) is 13.0. The fraction of sp³-hybridized carbons (Fsp3) is 0.500. The average Bonchev–Trinajstić information content (AvgIpc) is 2.42. The van der Waals surface area contributed by atoms with Crippen LogP contribution >= 0.6 is 0 Å². The van der Waals surface area contributed by atoms with Gasteiger partial charge in [0.05, 0.1) is 11.4 Å². The number of hydrogen-bond acceptors (Lipinski definition) is 4. The van der Waals surface area contributed by atoms with Gasteiger partial charge in [-0.1, -0.05) is 6.07 Å². The van der Waals surface area contributed by atoms with E-state index in [9.17, 15) is 13.2 Å². The molecule has 0 aliphatic carbocycles. The number of benzene rings is 1. The van der Waals surface area contributed by atoms with E-state index in [1.54, 1.807) is 17.9 Å². The van der Waals surface area contributed by atoms with Gasteiger partial charge in [0.15, 0.2) is 0 Å². The lowest BCUT2D eigenvalue weighted by molar-refractivity contribution is -0.130. The summed E-state index contributed by atoms with van der Waals surface area (Å²) in [6.07, 6.45) is 0. The molecule has 21 heavy (non-hydrogen) atoms. The van der Waals surface area contributed by atoms with E-state index in [4.69, 9.17) is 5.73 Å². The van der Waals surface area contributed by atoms with Gasteiger partial charge in [-0.05, 0) is 38.5 Å². The number of nitrogens with two attached hydrogens (primary N) is 1. The summed E-state index contributed by atoms with van der Waals surface area (Å²) < 4.78 is 25.9. The Kier molecular flexibility index (Phi) is 5.74. The summed E-state index contributed by atoms with van der Waals surface area (Å²) in [4.78, 5) is 13.7. The number of likely N-dealkylation sites (N-methyl/N-ethyl adjacent to an activating group) is 2. The second-order valence-electron chi connectivity index (χ2n) is 4.85. The maximum atomic E-state index is 12.4. The van der Waals surface area contributed by atoms with Gasteiger partial charge >= 0.3 is 0 Å². The Morgan fingerprint density at radius 2 is 1.81 bits per heavy atom. The molecular weight excluding hydrogens is 290 g/mol. The maximum absolute atomic E-state index is 12.4. The normalized spacial score (nSPS) is 11.7. The Morgan fingerprint density at radius 3 is 2.29 bits per heavy atom. The lowest BCUT2D eigenvalue weighted by Crippen LogP contribution is -2.41. The van der Waals surface area contributed by atoms with Gasteiger partial charge in [-0.25, -0.2) is 8.42 Å². The number of anilines is 1. The second-order valence-corrected chi connectivity index (χ2v) is 6.89. The third kappa shape index (κ3) is 3.95. The van der Waals surface area contributed by atoms with Crippen molar-refractivity contribution in [3.05, 3.63) is 23.8 Å². The standard InChI is InChI=1S/C14H23N3O3S/c1-5-17(6-2)14(18)10-16(4)21(19,20)12-8-7-11(3)13(15)9-12/h7-9H,5-6,10,15H2,1-4H3. The Balaban J connectivity index is 2.96. The van der Waals surface area contributed by atoms with Crippen molar-refractivity contribution < 1.29 is 13.2 Å². The van der Waals surface area contributed by atoms with Crippen LogP contribution in [0.15, 0.2) is 23.1 Å². The fourth-order valence-electron chi connectivity index (χ4n) is 1.91. The van der Waals surface area contributed by atoms with E-state index in [1.807, 2.05) is 13.8 Å². The van der Waals surface area contributed by atoms with Crippen molar-refractivity contribution in [3.63, 3.8) is 0 Å². The smallest absolute Gasteiger partial charge is 0.243 e. The molecule has 0 atom stereocenters. The molecule has 1 aromatic carbocycles. The average molecular weight is 313 g/mol. The van der Waals surface area contributed by atoms with E-state index in [0.717, 1.165) is 9.87 Å². The van der Waals surface area contributed by atoms with Gasteiger partial charge < -0.3 is 10.6 Å². The van der Waals surface area contributed by atoms with Crippen LogP contribution in [-0.4, -0.2) is 50.2 Å². The van der Waals surface area contributed by atoms with Crippen LogP contribution in [0.4, 0.5) is 5.69 Å². The highest BCUT2D eigenvalue weighted by molar-refractivity contribution is 7.89. The Hall–Kier alpha value is -1.60. The first-order chi connectivity index (χ1) is 9.73. The fourth-order valence-corrected chi connectivity index (χ4v) is 3.07.